The zero-order chi connectivity index (χ0) is 11.7. The highest BCUT2D eigenvalue weighted by molar-refractivity contribution is 14.1. The van der Waals surface area contributed by atoms with Crippen molar-refractivity contribution in [2.24, 2.45) is 28.7 Å². The van der Waals surface area contributed by atoms with Crippen molar-refractivity contribution in [3.63, 3.8) is 0 Å². The Morgan fingerprint density at radius 3 is 2.81 bits per heavy atom. The Hall–Kier alpha value is 0.140. The van der Waals surface area contributed by atoms with Gasteiger partial charge in [-0.05, 0) is 49.7 Å². The van der Waals surface area contributed by atoms with Crippen LogP contribution in [-0.4, -0.2) is 16.7 Å². The molecule has 90 valence electrons. The van der Waals surface area contributed by atoms with E-state index >= 15 is 0 Å². The van der Waals surface area contributed by atoms with Crippen LogP contribution in [0.5, 0.6) is 0 Å². The molecule has 16 heavy (non-hydrogen) atoms. The standard InChI is InChI=1S/C14H22IN/c1-9(2)13-11-7-5-4-6-10(11)8-12(16-3)14(13)15/h5,7,9-14H,3-4,6,8H2,1-2H3. The number of nitrogens with zero attached hydrogens (tertiary/aromatic N) is 1. The molecule has 0 amide bonds. The van der Waals surface area contributed by atoms with E-state index in [1.54, 1.807) is 0 Å². The summed E-state index contributed by atoms with van der Waals surface area (Å²) in [7, 11) is 0. The largest absolute Gasteiger partial charge is 0.297 e. The lowest BCUT2D eigenvalue weighted by molar-refractivity contribution is 0.136. The van der Waals surface area contributed by atoms with Crippen molar-refractivity contribution < 1.29 is 0 Å². The van der Waals surface area contributed by atoms with Crippen molar-refractivity contribution in [1.82, 2.24) is 0 Å². The molecule has 1 nitrogen and oxygen atoms in total. The highest BCUT2D eigenvalue weighted by Gasteiger charge is 2.43. The summed E-state index contributed by atoms with van der Waals surface area (Å²) >= 11 is 2.62. The number of halogens is 1. The Labute approximate surface area is 113 Å². The van der Waals surface area contributed by atoms with Gasteiger partial charge in [0.15, 0.2) is 0 Å². The molecule has 5 atom stereocenters. The predicted molar refractivity (Wildman–Crippen MR) is 79.4 cm³/mol. The van der Waals surface area contributed by atoms with Crippen molar-refractivity contribution in [2.75, 3.05) is 0 Å². The molecule has 0 spiro atoms. The van der Waals surface area contributed by atoms with Crippen LogP contribution in [0.1, 0.15) is 33.1 Å². The summed E-state index contributed by atoms with van der Waals surface area (Å²) in [4.78, 5) is 4.37. The third-order valence-corrected chi connectivity index (χ3v) is 6.00. The topological polar surface area (TPSA) is 12.4 Å². The minimum absolute atomic E-state index is 0.487. The van der Waals surface area contributed by atoms with Gasteiger partial charge in [0, 0.05) is 3.92 Å². The molecule has 5 unspecified atom stereocenters. The van der Waals surface area contributed by atoms with Crippen LogP contribution in [0, 0.1) is 23.7 Å². The maximum Gasteiger partial charge on any atom is 0.0615 e. The number of allylic oxidation sites excluding steroid dienone is 2. The SMILES string of the molecule is C=NC1CC2CCC=CC2C(C(C)C)C1I. The summed E-state index contributed by atoms with van der Waals surface area (Å²) in [5.74, 6) is 3.20. The average molecular weight is 331 g/mol. The third kappa shape index (κ3) is 2.22. The van der Waals surface area contributed by atoms with E-state index in [9.17, 15) is 0 Å². The van der Waals surface area contributed by atoms with Gasteiger partial charge in [-0.1, -0.05) is 48.6 Å². The van der Waals surface area contributed by atoms with E-state index in [0.29, 0.717) is 9.97 Å². The van der Waals surface area contributed by atoms with E-state index in [2.05, 4.69) is 60.3 Å². The van der Waals surface area contributed by atoms with Crippen molar-refractivity contribution >= 4 is 29.3 Å². The van der Waals surface area contributed by atoms with Crippen LogP contribution in [0.2, 0.25) is 0 Å². The number of rotatable bonds is 2. The molecule has 0 aromatic carbocycles. The molecule has 0 aliphatic heterocycles. The number of hydrogen-bond acceptors (Lipinski definition) is 1. The Morgan fingerprint density at radius 1 is 1.44 bits per heavy atom. The maximum atomic E-state index is 4.37. The summed E-state index contributed by atoms with van der Waals surface area (Å²) in [5.41, 5.74) is 0. The summed E-state index contributed by atoms with van der Waals surface area (Å²) in [6, 6.07) is 0.487. The second-order valence-corrected chi connectivity index (χ2v) is 7.03. The molecule has 1 saturated carbocycles. The number of fused-ring (bicyclic) bond motifs is 1. The lowest BCUT2D eigenvalue weighted by Crippen LogP contribution is -2.45. The number of aliphatic imine (C=N–C) groups is 1. The van der Waals surface area contributed by atoms with Crippen molar-refractivity contribution in [2.45, 2.75) is 43.1 Å². The van der Waals surface area contributed by atoms with Crippen molar-refractivity contribution in [3.05, 3.63) is 12.2 Å². The highest BCUT2D eigenvalue weighted by Crippen LogP contribution is 2.47. The minimum atomic E-state index is 0.487. The lowest BCUT2D eigenvalue weighted by Gasteiger charge is -2.46. The quantitative estimate of drug-likeness (QED) is 0.312. The molecule has 0 radical (unpaired) electrons. The summed E-state index contributed by atoms with van der Waals surface area (Å²) in [5, 5.41) is 0. The van der Waals surface area contributed by atoms with Crippen LogP contribution in [0.25, 0.3) is 0 Å². The smallest absolute Gasteiger partial charge is 0.0615 e. The van der Waals surface area contributed by atoms with E-state index < -0.39 is 0 Å². The summed E-state index contributed by atoms with van der Waals surface area (Å²) in [6.45, 7) is 8.52. The second-order valence-electron chi connectivity index (χ2n) is 5.59. The second kappa shape index (κ2) is 5.19. The van der Waals surface area contributed by atoms with Crippen LogP contribution in [0.3, 0.4) is 0 Å². The molecular formula is C14H22IN. The van der Waals surface area contributed by atoms with Gasteiger partial charge in [-0.25, -0.2) is 0 Å². The summed E-state index contributed by atoms with van der Waals surface area (Å²) < 4.78 is 0.666. The maximum absolute atomic E-state index is 4.37. The van der Waals surface area contributed by atoms with Crippen LogP contribution in [-0.2, 0) is 0 Å². The molecule has 0 N–H and O–H groups in total. The Morgan fingerprint density at radius 2 is 2.19 bits per heavy atom. The Kier molecular flexibility index (Phi) is 4.09. The molecule has 0 bridgehead atoms. The summed E-state index contributed by atoms with van der Waals surface area (Å²) in [6.07, 6.45) is 8.77. The molecule has 2 aliphatic carbocycles. The molecule has 0 aromatic heterocycles. The van der Waals surface area contributed by atoms with Crippen molar-refractivity contribution in [3.8, 4) is 0 Å². The molecule has 0 saturated heterocycles. The fourth-order valence-electron chi connectivity index (χ4n) is 3.53. The first-order valence-electron chi connectivity index (χ1n) is 6.41. The van der Waals surface area contributed by atoms with Gasteiger partial charge in [-0.3, -0.25) is 4.99 Å². The molecule has 0 heterocycles. The van der Waals surface area contributed by atoms with Gasteiger partial charge in [0.1, 0.15) is 0 Å². The zero-order valence-corrected chi connectivity index (χ0v) is 12.4. The van der Waals surface area contributed by atoms with Gasteiger partial charge in [-0.2, -0.15) is 0 Å². The molecule has 2 rings (SSSR count). The fraction of sp³-hybridized carbons (Fsp3) is 0.786. The van der Waals surface area contributed by atoms with E-state index in [4.69, 9.17) is 0 Å². The Balaban J connectivity index is 2.25. The molecular weight excluding hydrogens is 309 g/mol. The van der Waals surface area contributed by atoms with Crippen molar-refractivity contribution in [1.29, 1.82) is 0 Å². The van der Waals surface area contributed by atoms with E-state index in [1.165, 1.54) is 19.3 Å². The molecule has 1 fully saturated rings. The van der Waals surface area contributed by atoms with Gasteiger partial charge < -0.3 is 0 Å². The van der Waals surface area contributed by atoms with Crippen LogP contribution >= 0.6 is 22.6 Å². The molecule has 2 aliphatic rings. The van der Waals surface area contributed by atoms with Crippen LogP contribution in [0.15, 0.2) is 17.1 Å². The van der Waals surface area contributed by atoms with E-state index in [0.717, 1.165) is 23.7 Å². The highest BCUT2D eigenvalue weighted by atomic mass is 127. The average Bonchev–Trinajstić information content (AvgIpc) is 2.27. The predicted octanol–water partition coefficient (Wildman–Crippen LogP) is 4.12. The third-order valence-electron chi connectivity index (χ3n) is 4.34. The van der Waals surface area contributed by atoms with E-state index in [-0.39, 0.29) is 0 Å². The van der Waals surface area contributed by atoms with Gasteiger partial charge in [0.25, 0.3) is 0 Å². The fourth-order valence-corrected chi connectivity index (χ4v) is 5.36. The first-order valence-corrected chi connectivity index (χ1v) is 7.66. The number of alkyl halides is 1. The number of hydrogen-bond donors (Lipinski definition) is 0. The zero-order valence-electron chi connectivity index (χ0n) is 10.3. The molecule has 0 aromatic rings. The van der Waals surface area contributed by atoms with Gasteiger partial charge in [0.2, 0.25) is 0 Å². The van der Waals surface area contributed by atoms with Crippen LogP contribution < -0.4 is 0 Å². The van der Waals surface area contributed by atoms with Crippen LogP contribution in [0.4, 0.5) is 0 Å². The Bertz CT molecular complexity index is 284. The normalized spacial score (nSPS) is 43.1. The minimum Gasteiger partial charge on any atom is -0.297 e. The van der Waals surface area contributed by atoms with Gasteiger partial charge in [0.05, 0.1) is 6.04 Å². The molecule has 2 heteroatoms. The van der Waals surface area contributed by atoms with E-state index in [1.807, 2.05) is 0 Å². The first kappa shape index (κ1) is 12.6. The van der Waals surface area contributed by atoms with Gasteiger partial charge >= 0.3 is 0 Å². The monoisotopic (exact) mass is 331 g/mol. The first-order chi connectivity index (χ1) is 7.65. The van der Waals surface area contributed by atoms with Gasteiger partial charge in [-0.15, -0.1) is 0 Å². The lowest BCUT2D eigenvalue weighted by atomic mass is 9.63.